The lowest BCUT2D eigenvalue weighted by atomic mass is 9.94. The van der Waals surface area contributed by atoms with Crippen molar-refractivity contribution in [2.45, 2.75) is 79.1 Å². The number of carboxylic acids is 1. The zero-order chi connectivity index (χ0) is 27.0. The summed E-state index contributed by atoms with van der Waals surface area (Å²) >= 11 is 0. The summed E-state index contributed by atoms with van der Waals surface area (Å²) in [7, 11) is 0. The van der Waals surface area contributed by atoms with Crippen LogP contribution in [0.1, 0.15) is 73.5 Å². The number of carboxylic acid groups (broad SMARTS) is 1. The van der Waals surface area contributed by atoms with E-state index in [0.717, 1.165) is 42.5 Å². The number of carbonyl (C=O) groups is 2. The number of carbonyl (C=O) groups excluding carboxylic acids is 1. The lowest BCUT2D eigenvalue weighted by Gasteiger charge is -2.32. The summed E-state index contributed by atoms with van der Waals surface area (Å²) < 4.78 is 12.4. The normalized spacial score (nSPS) is 17.9. The second-order valence-corrected chi connectivity index (χ2v) is 11.2. The van der Waals surface area contributed by atoms with Crippen molar-refractivity contribution in [1.82, 2.24) is 4.90 Å². The minimum absolute atomic E-state index is 0.0240. The number of benzene rings is 2. The first kappa shape index (κ1) is 28.7. The molecule has 3 rings (SSSR count). The minimum Gasteiger partial charge on any atom is -0.478 e. The first-order valence-electron chi connectivity index (χ1n) is 13.2. The molecule has 7 heteroatoms. The van der Waals surface area contributed by atoms with Crippen LogP contribution in [0.3, 0.4) is 0 Å². The summed E-state index contributed by atoms with van der Waals surface area (Å²) in [5, 5.41) is 12.6. The van der Waals surface area contributed by atoms with Gasteiger partial charge in [0.1, 0.15) is 0 Å². The Labute approximate surface area is 221 Å². The second kappa shape index (κ2) is 13.1. The predicted octanol–water partition coefficient (Wildman–Crippen LogP) is 6.43. The van der Waals surface area contributed by atoms with Crippen LogP contribution in [0.25, 0.3) is 0 Å². The molecule has 0 heterocycles. The summed E-state index contributed by atoms with van der Waals surface area (Å²) in [6.07, 6.45) is 3.74. The van der Waals surface area contributed by atoms with E-state index in [1.165, 1.54) is 0 Å². The molecular formula is C30H42N2O5. The topological polar surface area (TPSA) is 88.1 Å². The fourth-order valence-electron chi connectivity index (χ4n) is 4.83. The Morgan fingerprint density at radius 1 is 1.00 bits per heavy atom. The quantitative estimate of drug-likeness (QED) is 0.385. The third-order valence-corrected chi connectivity index (χ3v) is 6.68. The van der Waals surface area contributed by atoms with E-state index in [2.05, 4.69) is 26.1 Å². The number of urea groups is 1. The number of hydrogen-bond donors (Lipinski definition) is 2. The number of nitrogens with zero attached hydrogens (tertiary/aromatic N) is 1. The highest BCUT2D eigenvalue weighted by Gasteiger charge is 2.26. The summed E-state index contributed by atoms with van der Waals surface area (Å²) in [6, 6.07) is 13.1. The van der Waals surface area contributed by atoms with Crippen molar-refractivity contribution in [1.29, 1.82) is 0 Å². The fraction of sp³-hybridized carbons (Fsp3) is 0.533. The molecule has 1 aliphatic carbocycles. The van der Waals surface area contributed by atoms with E-state index in [1.807, 2.05) is 61.2 Å². The molecule has 1 aliphatic rings. The molecule has 37 heavy (non-hydrogen) atoms. The molecule has 7 nitrogen and oxygen atoms in total. The first-order valence-corrected chi connectivity index (χ1v) is 13.2. The average Bonchev–Trinajstić information content (AvgIpc) is 2.83. The van der Waals surface area contributed by atoms with Gasteiger partial charge in [-0.15, -0.1) is 0 Å². The molecule has 2 amide bonds. The number of anilines is 1. The Morgan fingerprint density at radius 3 is 2.35 bits per heavy atom. The van der Waals surface area contributed by atoms with Crippen molar-refractivity contribution >= 4 is 17.7 Å². The highest BCUT2D eigenvalue weighted by molar-refractivity contribution is 5.91. The lowest BCUT2D eigenvalue weighted by Crippen LogP contribution is -2.43. The zero-order valence-corrected chi connectivity index (χ0v) is 22.9. The van der Waals surface area contributed by atoms with Crippen molar-refractivity contribution in [3.05, 3.63) is 64.7 Å². The van der Waals surface area contributed by atoms with Gasteiger partial charge in [0, 0.05) is 18.8 Å². The van der Waals surface area contributed by atoms with Crippen molar-refractivity contribution in [3.63, 3.8) is 0 Å². The molecule has 202 valence electrons. The van der Waals surface area contributed by atoms with E-state index >= 15 is 0 Å². The summed E-state index contributed by atoms with van der Waals surface area (Å²) in [5.74, 6) is -0.923. The molecule has 2 atom stereocenters. The van der Waals surface area contributed by atoms with Crippen LogP contribution >= 0.6 is 0 Å². The third kappa shape index (κ3) is 8.86. The molecule has 2 N–H and O–H groups in total. The van der Waals surface area contributed by atoms with Gasteiger partial charge in [0.2, 0.25) is 0 Å². The number of para-hydroxylation sites is 1. The Kier molecular flexibility index (Phi) is 10.1. The van der Waals surface area contributed by atoms with Gasteiger partial charge in [0.25, 0.3) is 0 Å². The van der Waals surface area contributed by atoms with Crippen LogP contribution < -0.4 is 5.32 Å². The van der Waals surface area contributed by atoms with Gasteiger partial charge in [-0.05, 0) is 67.7 Å². The largest absolute Gasteiger partial charge is 0.478 e. The maximum absolute atomic E-state index is 13.1. The molecule has 1 saturated carbocycles. The highest BCUT2D eigenvalue weighted by Crippen LogP contribution is 2.26. The summed E-state index contributed by atoms with van der Waals surface area (Å²) in [4.78, 5) is 26.6. The van der Waals surface area contributed by atoms with Crippen LogP contribution in [0.5, 0.6) is 0 Å². The van der Waals surface area contributed by atoms with Crippen molar-refractivity contribution in [3.8, 4) is 0 Å². The Balaban J connectivity index is 1.52. The number of rotatable bonds is 10. The summed E-state index contributed by atoms with van der Waals surface area (Å²) in [6.45, 7) is 12.0. The lowest BCUT2D eigenvalue weighted by molar-refractivity contribution is -0.0528. The van der Waals surface area contributed by atoms with Crippen LogP contribution in [-0.2, 0) is 16.1 Å². The number of hydrogen-bond acceptors (Lipinski definition) is 4. The number of ether oxygens (including phenoxy) is 2. The average molecular weight is 511 g/mol. The van der Waals surface area contributed by atoms with E-state index in [0.29, 0.717) is 30.8 Å². The van der Waals surface area contributed by atoms with Gasteiger partial charge < -0.3 is 24.8 Å². The molecule has 0 unspecified atom stereocenters. The molecule has 0 saturated heterocycles. The van der Waals surface area contributed by atoms with Gasteiger partial charge in [0.05, 0.1) is 31.0 Å². The monoisotopic (exact) mass is 510 g/mol. The third-order valence-electron chi connectivity index (χ3n) is 6.68. The van der Waals surface area contributed by atoms with Crippen LogP contribution in [0.15, 0.2) is 42.5 Å². The molecule has 0 aromatic heterocycles. The Hall–Kier alpha value is -2.90. The standard InChI is InChI=1S/C30H42N2O5/c1-21-10-6-7-15-26(21)31-29(35)32(20-30(3,4)5)16-17-36-24-13-9-14-25(18-24)37-19-23-12-8-11-22(2)27(23)28(33)34/h6-8,10-12,15,24-25H,9,13-14,16-20H2,1-5H3,(H,31,35)(H,33,34)/t24-,25+/m0/s1. The maximum Gasteiger partial charge on any atom is 0.336 e. The van der Waals surface area contributed by atoms with Gasteiger partial charge in [-0.2, -0.15) is 0 Å². The Bertz CT molecular complexity index is 1060. The fourth-order valence-corrected chi connectivity index (χ4v) is 4.83. The molecule has 2 aromatic rings. The molecule has 2 aromatic carbocycles. The van der Waals surface area contributed by atoms with E-state index in [1.54, 1.807) is 0 Å². The van der Waals surface area contributed by atoms with Gasteiger partial charge in [-0.25, -0.2) is 9.59 Å². The van der Waals surface area contributed by atoms with Crippen LogP contribution in [0, 0.1) is 19.3 Å². The van der Waals surface area contributed by atoms with Crippen LogP contribution in [0.4, 0.5) is 10.5 Å². The molecule has 0 radical (unpaired) electrons. The maximum atomic E-state index is 13.1. The SMILES string of the molecule is Cc1ccccc1NC(=O)N(CCO[C@H]1CCC[C@@H](OCc2cccc(C)c2C(=O)O)C1)CC(C)(C)C. The van der Waals surface area contributed by atoms with Crippen molar-refractivity contribution < 1.29 is 24.2 Å². The zero-order valence-electron chi connectivity index (χ0n) is 22.9. The number of aromatic carboxylic acids is 1. The van der Waals surface area contributed by atoms with E-state index in [9.17, 15) is 14.7 Å². The number of aryl methyl sites for hydroxylation is 2. The van der Waals surface area contributed by atoms with Gasteiger partial charge in [-0.1, -0.05) is 57.2 Å². The van der Waals surface area contributed by atoms with E-state index < -0.39 is 5.97 Å². The first-order chi connectivity index (χ1) is 17.5. The van der Waals surface area contributed by atoms with Crippen molar-refractivity contribution in [2.24, 2.45) is 5.41 Å². The summed E-state index contributed by atoms with van der Waals surface area (Å²) in [5.41, 5.74) is 3.57. The molecule has 0 aliphatic heterocycles. The van der Waals surface area contributed by atoms with Crippen molar-refractivity contribution in [2.75, 3.05) is 25.0 Å². The van der Waals surface area contributed by atoms with Crippen LogP contribution in [0.2, 0.25) is 0 Å². The van der Waals surface area contributed by atoms with Crippen LogP contribution in [-0.4, -0.2) is 53.9 Å². The molecular weight excluding hydrogens is 468 g/mol. The second-order valence-electron chi connectivity index (χ2n) is 11.2. The smallest absolute Gasteiger partial charge is 0.336 e. The number of nitrogens with one attached hydrogen (secondary N) is 1. The molecule has 1 fully saturated rings. The molecule has 0 bridgehead atoms. The minimum atomic E-state index is -0.923. The van der Waals surface area contributed by atoms with E-state index in [-0.39, 0.29) is 30.3 Å². The highest BCUT2D eigenvalue weighted by atomic mass is 16.5. The van der Waals surface area contributed by atoms with Gasteiger partial charge in [-0.3, -0.25) is 0 Å². The van der Waals surface area contributed by atoms with Gasteiger partial charge >= 0.3 is 12.0 Å². The van der Waals surface area contributed by atoms with E-state index in [4.69, 9.17) is 9.47 Å². The molecule has 0 spiro atoms. The Morgan fingerprint density at radius 2 is 1.68 bits per heavy atom. The van der Waals surface area contributed by atoms with Gasteiger partial charge in [0.15, 0.2) is 0 Å². The predicted molar refractivity (Wildman–Crippen MR) is 146 cm³/mol. The number of amides is 2.